The standard InChI is InChI=1S/C31H26FN7O3S/c1-20(23-11-13-25(32)14-12-23)37-31(40)27-15-22(16-33)18-36-30(27)35-17-21-7-9-24(10-8-21)28-19-39(38-29(28)34)43(41,42)26-5-3-2-4-6-26/h2-15,18-20H,17H2,1H3,(H2,34,38)(H,35,36)(H,37,40). The van der Waals surface area contributed by atoms with Gasteiger partial charge in [-0.2, -0.15) is 17.8 Å². The van der Waals surface area contributed by atoms with Gasteiger partial charge in [0.15, 0.2) is 5.82 Å². The van der Waals surface area contributed by atoms with E-state index in [1.54, 1.807) is 49.4 Å². The van der Waals surface area contributed by atoms with Gasteiger partial charge in [0.05, 0.1) is 28.3 Å². The van der Waals surface area contributed by atoms with Crippen LogP contribution in [0.4, 0.5) is 16.0 Å². The van der Waals surface area contributed by atoms with Crippen LogP contribution >= 0.6 is 0 Å². The van der Waals surface area contributed by atoms with E-state index in [0.29, 0.717) is 17.7 Å². The maximum atomic E-state index is 13.3. The average Bonchev–Trinajstić information content (AvgIpc) is 3.43. The van der Waals surface area contributed by atoms with E-state index in [1.165, 1.54) is 42.7 Å². The molecule has 2 aromatic heterocycles. The van der Waals surface area contributed by atoms with Crippen LogP contribution in [0.2, 0.25) is 0 Å². The summed E-state index contributed by atoms with van der Waals surface area (Å²) < 4.78 is 40.0. The highest BCUT2D eigenvalue weighted by molar-refractivity contribution is 7.89. The van der Waals surface area contributed by atoms with Crippen molar-refractivity contribution in [2.24, 2.45) is 0 Å². The maximum absolute atomic E-state index is 13.3. The summed E-state index contributed by atoms with van der Waals surface area (Å²) in [6.45, 7) is 2.07. The Morgan fingerprint density at radius 1 is 1.07 bits per heavy atom. The quantitative estimate of drug-likeness (QED) is 0.218. The Balaban J connectivity index is 1.31. The molecule has 1 amide bonds. The van der Waals surface area contributed by atoms with Crippen molar-refractivity contribution in [2.45, 2.75) is 24.4 Å². The number of nitrogens with zero attached hydrogens (tertiary/aromatic N) is 4. The van der Waals surface area contributed by atoms with Crippen LogP contribution in [0.1, 0.15) is 40.0 Å². The van der Waals surface area contributed by atoms with Gasteiger partial charge in [-0.1, -0.05) is 54.6 Å². The van der Waals surface area contributed by atoms with Gasteiger partial charge in [0, 0.05) is 18.3 Å². The van der Waals surface area contributed by atoms with Crippen molar-refractivity contribution >= 4 is 27.6 Å². The third-order valence-corrected chi connectivity index (χ3v) is 8.26. The predicted molar refractivity (Wildman–Crippen MR) is 160 cm³/mol. The van der Waals surface area contributed by atoms with E-state index in [0.717, 1.165) is 15.2 Å². The van der Waals surface area contributed by atoms with Crippen molar-refractivity contribution in [3.05, 3.63) is 125 Å². The van der Waals surface area contributed by atoms with Crippen LogP contribution in [0.5, 0.6) is 0 Å². The predicted octanol–water partition coefficient (Wildman–Crippen LogP) is 4.88. The lowest BCUT2D eigenvalue weighted by Crippen LogP contribution is -2.28. The molecular weight excluding hydrogens is 569 g/mol. The zero-order chi connectivity index (χ0) is 30.6. The van der Waals surface area contributed by atoms with Crippen molar-refractivity contribution in [1.29, 1.82) is 5.26 Å². The summed E-state index contributed by atoms with van der Waals surface area (Å²) >= 11 is 0. The summed E-state index contributed by atoms with van der Waals surface area (Å²) in [5.41, 5.74) is 9.17. The molecule has 0 saturated heterocycles. The van der Waals surface area contributed by atoms with Gasteiger partial charge in [-0.15, -0.1) is 5.10 Å². The lowest BCUT2D eigenvalue weighted by Gasteiger charge is -2.16. The lowest BCUT2D eigenvalue weighted by atomic mass is 10.1. The van der Waals surface area contributed by atoms with Crippen LogP contribution in [0, 0.1) is 17.1 Å². The largest absolute Gasteiger partial charge is 0.382 e. The Labute approximate surface area is 247 Å². The molecular formula is C31H26FN7O3S. The molecule has 5 aromatic rings. The zero-order valence-corrected chi connectivity index (χ0v) is 23.7. The SMILES string of the molecule is CC(NC(=O)c1cc(C#N)cnc1NCc1ccc(-c2cn(S(=O)(=O)c3ccccc3)nc2N)cc1)c1ccc(F)cc1. The van der Waals surface area contributed by atoms with Crippen molar-refractivity contribution < 1.29 is 17.6 Å². The molecule has 10 nitrogen and oxygen atoms in total. The Morgan fingerprint density at radius 2 is 1.77 bits per heavy atom. The van der Waals surface area contributed by atoms with Crippen molar-refractivity contribution in [2.75, 3.05) is 11.1 Å². The molecule has 0 aliphatic carbocycles. The molecule has 0 saturated carbocycles. The average molecular weight is 596 g/mol. The number of nitrogens with two attached hydrogens (primary N) is 1. The summed E-state index contributed by atoms with van der Waals surface area (Å²) in [5.74, 6) is -0.472. The number of nitriles is 1. The highest BCUT2D eigenvalue weighted by Gasteiger charge is 2.21. The van der Waals surface area contributed by atoms with Crippen LogP contribution in [-0.4, -0.2) is 28.5 Å². The fourth-order valence-electron chi connectivity index (χ4n) is 4.35. The molecule has 1 atom stereocenters. The van der Waals surface area contributed by atoms with Crippen LogP contribution in [-0.2, 0) is 16.6 Å². The minimum atomic E-state index is -3.90. The van der Waals surface area contributed by atoms with E-state index in [2.05, 4.69) is 20.7 Å². The van der Waals surface area contributed by atoms with Crippen molar-refractivity contribution in [1.82, 2.24) is 19.5 Å². The summed E-state index contributed by atoms with van der Waals surface area (Å²) in [7, 11) is -3.90. The molecule has 216 valence electrons. The van der Waals surface area contributed by atoms with Gasteiger partial charge < -0.3 is 16.4 Å². The smallest absolute Gasteiger partial charge is 0.283 e. The third-order valence-electron chi connectivity index (χ3n) is 6.71. The van der Waals surface area contributed by atoms with Gasteiger partial charge in [-0.25, -0.2) is 9.37 Å². The van der Waals surface area contributed by atoms with E-state index in [9.17, 15) is 22.9 Å². The third kappa shape index (κ3) is 6.37. The van der Waals surface area contributed by atoms with Gasteiger partial charge in [-0.3, -0.25) is 4.79 Å². The number of hydrogen-bond acceptors (Lipinski definition) is 8. The van der Waals surface area contributed by atoms with Gasteiger partial charge in [0.25, 0.3) is 15.9 Å². The molecule has 1 unspecified atom stereocenters. The first-order chi connectivity index (χ1) is 20.7. The molecule has 0 spiro atoms. The van der Waals surface area contributed by atoms with E-state index in [-0.39, 0.29) is 33.5 Å². The fraction of sp³-hybridized carbons (Fsp3) is 0.0968. The number of pyridine rings is 1. The van der Waals surface area contributed by atoms with Gasteiger partial charge in [-0.05, 0) is 53.9 Å². The van der Waals surface area contributed by atoms with Crippen LogP contribution in [0.15, 0.2) is 102 Å². The molecule has 0 fully saturated rings. The maximum Gasteiger partial charge on any atom is 0.283 e. The highest BCUT2D eigenvalue weighted by Crippen LogP contribution is 2.27. The van der Waals surface area contributed by atoms with Gasteiger partial charge >= 0.3 is 0 Å². The second-order valence-corrected chi connectivity index (χ2v) is 11.4. The number of aromatic nitrogens is 3. The van der Waals surface area contributed by atoms with Crippen LogP contribution in [0.3, 0.4) is 0 Å². The zero-order valence-electron chi connectivity index (χ0n) is 22.9. The topological polar surface area (TPSA) is 156 Å². The molecule has 4 N–H and O–H groups in total. The monoisotopic (exact) mass is 595 g/mol. The number of halogens is 1. The summed E-state index contributed by atoms with van der Waals surface area (Å²) in [6.07, 6.45) is 2.75. The van der Waals surface area contributed by atoms with Crippen LogP contribution in [0.25, 0.3) is 11.1 Å². The number of carbonyl (C=O) groups excluding carboxylic acids is 1. The van der Waals surface area contributed by atoms with E-state index >= 15 is 0 Å². The molecule has 2 heterocycles. The Kier molecular flexibility index (Phi) is 8.18. The summed E-state index contributed by atoms with van der Waals surface area (Å²) in [6, 6.07) is 24.0. The second-order valence-electron chi connectivity index (χ2n) is 9.65. The number of nitrogens with one attached hydrogen (secondary N) is 2. The van der Waals surface area contributed by atoms with E-state index in [1.807, 2.05) is 18.2 Å². The number of amides is 1. The molecule has 0 radical (unpaired) electrons. The fourth-order valence-corrected chi connectivity index (χ4v) is 5.51. The lowest BCUT2D eigenvalue weighted by molar-refractivity contribution is 0.0940. The second kappa shape index (κ2) is 12.1. The normalized spacial score (nSPS) is 11.8. The molecule has 0 aliphatic heterocycles. The first kappa shape index (κ1) is 29.0. The number of benzene rings is 3. The Hall–Kier alpha value is -5.54. The Morgan fingerprint density at radius 3 is 2.44 bits per heavy atom. The number of carbonyl (C=O) groups is 1. The Bertz CT molecular complexity index is 1920. The minimum Gasteiger partial charge on any atom is -0.382 e. The van der Waals surface area contributed by atoms with E-state index < -0.39 is 22.0 Å². The summed E-state index contributed by atoms with van der Waals surface area (Å²) in [4.78, 5) is 17.5. The van der Waals surface area contributed by atoms with Gasteiger partial charge in [0.1, 0.15) is 17.7 Å². The minimum absolute atomic E-state index is 0.0673. The summed E-state index contributed by atoms with van der Waals surface area (Å²) in [5, 5.41) is 19.4. The number of nitrogen functional groups attached to an aromatic ring is 1. The molecule has 5 rings (SSSR count). The molecule has 12 heteroatoms. The first-order valence-corrected chi connectivity index (χ1v) is 14.5. The molecule has 3 aromatic carbocycles. The van der Waals surface area contributed by atoms with E-state index in [4.69, 9.17) is 5.73 Å². The number of anilines is 2. The van der Waals surface area contributed by atoms with Crippen molar-refractivity contribution in [3.63, 3.8) is 0 Å². The number of rotatable bonds is 9. The first-order valence-electron chi connectivity index (χ1n) is 13.1. The van der Waals surface area contributed by atoms with Crippen LogP contribution < -0.4 is 16.4 Å². The highest BCUT2D eigenvalue weighted by atomic mass is 32.2. The molecule has 0 bridgehead atoms. The number of hydrogen-bond donors (Lipinski definition) is 3. The molecule has 43 heavy (non-hydrogen) atoms. The molecule has 0 aliphatic rings. The van der Waals surface area contributed by atoms with Gasteiger partial charge in [0.2, 0.25) is 0 Å². The van der Waals surface area contributed by atoms with Crippen molar-refractivity contribution in [3.8, 4) is 17.2 Å².